The lowest BCUT2D eigenvalue weighted by atomic mass is 9.91. The lowest BCUT2D eigenvalue weighted by molar-refractivity contribution is -0.122. The lowest BCUT2D eigenvalue weighted by Crippen LogP contribution is -2.33. The highest BCUT2D eigenvalue weighted by Gasteiger charge is 2.23. The van der Waals surface area contributed by atoms with Crippen molar-refractivity contribution in [3.63, 3.8) is 0 Å². The number of halogens is 2. The molecule has 1 aliphatic rings. The van der Waals surface area contributed by atoms with Gasteiger partial charge in [-0.15, -0.1) is 0 Å². The molecule has 2 heterocycles. The number of rotatable bonds is 6. The highest BCUT2D eigenvalue weighted by atomic mass is 35.5. The van der Waals surface area contributed by atoms with Crippen LogP contribution in [0.3, 0.4) is 0 Å². The normalized spacial score (nSPS) is 17.1. The number of anilines is 1. The molecule has 1 saturated carbocycles. The molecule has 8 N–H and O–H groups in total. The average molecular weight is 583 g/mol. The summed E-state index contributed by atoms with van der Waals surface area (Å²) in [5.74, 6) is -0.678. The molecule has 0 radical (unpaired) electrons. The number of nitrogens with two attached hydrogens (primary N) is 2. The van der Waals surface area contributed by atoms with Crippen molar-refractivity contribution in [1.82, 2.24) is 9.61 Å². The Balaban J connectivity index is 0.00000124. The molecule has 41 heavy (non-hydrogen) atoms. The summed E-state index contributed by atoms with van der Waals surface area (Å²) in [5.41, 5.74) is 17.4. The van der Waals surface area contributed by atoms with Crippen LogP contribution in [0.25, 0.3) is 16.6 Å². The molecule has 0 amide bonds. The van der Waals surface area contributed by atoms with Gasteiger partial charge in [-0.25, -0.2) is 13.9 Å². The summed E-state index contributed by atoms with van der Waals surface area (Å²) in [4.78, 5) is 12.8. The number of aromatic nitrogens is 2. The predicted molar refractivity (Wildman–Crippen MR) is 158 cm³/mol. The van der Waals surface area contributed by atoms with Gasteiger partial charge in [0, 0.05) is 29.9 Å². The molecular formula is C29H32ClFN6O4. The summed E-state index contributed by atoms with van der Waals surface area (Å²) in [6.07, 6.45) is 7.78. The van der Waals surface area contributed by atoms with Gasteiger partial charge in [0.1, 0.15) is 11.7 Å². The first kappa shape index (κ1) is 29.6. The van der Waals surface area contributed by atoms with E-state index in [1.54, 1.807) is 22.8 Å². The van der Waals surface area contributed by atoms with E-state index in [0.717, 1.165) is 53.6 Å². The smallest absolute Gasteiger partial charge is 0.290 e. The molecule has 0 bridgehead atoms. The number of fused-ring (bicyclic) bond motifs is 1. The molecule has 2 aromatic carbocycles. The number of phenolic OH excluding ortho intramolecular Hbond substituents is 2. The van der Waals surface area contributed by atoms with Crippen molar-refractivity contribution in [2.24, 2.45) is 16.5 Å². The zero-order valence-corrected chi connectivity index (χ0v) is 23.1. The highest BCUT2D eigenvalue weighted by molar-refractivity contribution is 6.33. The summed E-state index contributed by atoms with van der Waals surface area (Å²) < 4.78 is 15.6. The van der Waals surface area contributed by atoms with Gasteiger partial charge in [-0.05, 0) is 73.6 Å². The minimum Gasteiger partial charge on any atom is -0.504 e. The fraction of sp³-hybridized carbons (Fsp3) is 0.276. The Hall–Kier alpha value is -4.35. The summed E-state index contributed by atoms with van der Waals surface area (Å²) in [6, 6.07) is 9.39. The average Bonchev–Trinajstić information content (AvgIpc) is 3.38. The molecule has 0 spiro atoms. The second-order valence-corrected chi connectivity index (χ2v) is 10.2. The number of hydrogen-bond donors (Lipinski definition) is 6. The predicted octanol–water partition coefficient (Wildman–Crippen LogP) is 5.19. The second kappa shape index (κ2) is 12.9. The van der Waals surface area contributed by atoms with Gasteiger partial charge in [0.05, 0.1) is 33.7 Å². The third-order valence-corrected chi connectivity index (χ3v) is 7.39. The van der Waals surface area contributed by atoms with E-state index in [4.69, 9.17) is 33.0 Å². The number of aromatic hydroxyl groups is 2. The maximum absolute atomic E-state index is 13.9. The number of nitrogens with zero attached hydrogens (tertiary/aromatic N) is 3. The largest absolute Gasteiger partial charge is 0.504 e. The summed E-state index contributed by atoms with van der Waals surface area (Å²) in [5, 5.41) is 35.6. The van der Waals surface area contributed by atoms with Crippen molar-refractivity contribution in [2.75, 3.05) is 5.32 Å². The maximum atomic E-state index is 13.9. The van der Waals surface area contributed by atoms with Gasteiger partial charge >= 0.3 is 0 Å². The van der Waals surface area contributed by atoms with Crippen LogP contribution in [-0.2, 0) is 11.2 Å². The fourth-order valence-corrected chi connectivity index (χ4v) is 5.12. The van der Waals surface area contributed by atoms with Crippen molar-refractivity contribution in [3.05, 3.63) is 70.8 Å². The summed E-state index contributed by atoms with van der Waals surface area (Å²) in [7, 11) is 0. The number of carbonyl (C=O) groups is 1. The van der Waals surface area contributed by atoms with Crippen molar-refractivity contribution in [1.29, 1.82) is 0 Å². The number of benzene rings is 2. The van der Waals surface area contributed by atoms with Crippen LogP contribution in [0, 0.1) is 5.82 Å². The third-order valence-electron chi connectivity index (χ3n) is 7.07. The van der Waals surface area contributed by atoms with Crippen LogP contribution >= 0.6 is 11.6 Å². The molecule has 2 aromatic heterocycles. The van der Waals surface area contributed by atoms with E-state index in [-0.39, 0.29) is 46.6 Å². The summed E-state index contributed by atoms with van der Waals surface area (Å²) in [6.45, 7) is 1.73. The van der Waals surface area contributed by atoms with E-state index in [9.17, 15) is 14.6 Å². The number of aryl methyl sites for hydroxylation is 1. The van der Waals surface area contributed by atoms with Gasteiger partial charge in [0.25, 0.3) is 6.47 Å². The Kier molecular flexibility index (Phi) is 9.31. The van der Waals surface area contributed by atoms with Gasteiger partial charge in [-0.1, -0.05) is 18.5 Å². The summed E-state index contributed by atoms with van der Waals surface area (Å²) >= 11 is 6.24. The zero-order chi connectivity index (χ0) is 29.7. The lowest BCUT2D eigenvalue weighted by Gasteiger charge is -2.28. The molecule has 0 saturated heterocycles. The van der Waals surface area contributed by atoms with Crippen LogP contribution in [0.1, 0.15) is 43.7 Å². The van der Waals surface area contributed by atoms with Crippen molar-refractivity contribution in [2.45, 2.75) is 51.1 Å². The van der Waals surface area contributed by atoms with E-state index < -0.39 is 5.82 Å². The first-order chi connectivity index (χ1) is 19.6. The van der Waals surface area contributed by atoms with E-state index >= 15 is 0 Å². The van der Waals surface area contributed by atoms with E-state index in [1.165, 1.54) is 18.2 Å². The van der Waals surface area contributed by atoms with Crippen LogP contribution in [-0.4, -0.2) is 49.3 Å². The van der Waals surface area contributed by atoms with E-state index in [0.29, 0.717) is 12.0 Å². The molecule has 4 aromatic rings. The SMILES string of the molecule is CCc1cc(O)c(O)cc1-c1cc2c(N[C@H]3CC[C@H](N)CC3)c(C(N)=Nc3cc(F)ccc3Cl)cnn2c1.O=CO. The van der Waals surface area contributed by atoms with Gasteiger partial charge in [-0.2, -0.15) is 5.10 Å². The molecule has 0 atom stereocenters. The molecule has 0 aliphatic heterocycles. The van der Waals surface area contributed by atoms with Crippen LogP contribution in [0.4, 0.5) is 15.8 Å². The number of aliphatic imine (C=N–C) groups is 1. The first-order valence-corrected chi connectivity index (χ1v) is 13.5. The standard InChI is InChI=1S/C28H30ClFN6O2.CH2O2/c1-2-15-10-25(37)26(38)12-20(15)16-9-24-27(34-19-6-4-18(31)5-7-19)21(13-33-36(24)14-16)28(32)35-23-11-17(30)3-8-22(23)29;2-1-3/h3,8-14,18-19,34,37-38H,2,4-7,31H2,1H3,(H2,32,35);1H,(H,2,3)/t18-,19-;. The van der Waals surface area contributed by atoms with Gasteiger partial charge in [0.2, 0.25) is 0 Å². The molecule has 12 heteroatoms. The minimum absolute atomic E-state index is 0.141. The molecule has 0 unspecified atom stereocenters. The van der Waals surface area contributed by atoms with Gasteiger partial charge in [-0.3, -0.25) is 4.79 Å². The molecule has 216 valence electrons. The number of nitrogens with one attached hydrogen (secondary N) is 1. The Morgan fingerprint density at radius 3 is 2.56 bits per heavy atom. The topological polar surface area (TPSA) is 171 Å². The van der Waals surface area contributed by atoms with Gasteiger partial charge in [0.15, 0.2) is 11.5 Å². The van der Waals surface area contributed by atoms with Crippen LogP contribution in [0.5, 0.6) is 11.5 Å². The van der Waals surface area contributed by atoms with Crippen LogP contribution in [0.15, 0.2) is 53.8 Å². The maximum Gasteiger partial charge on any atom is 0.290 e. The first-order valence-electron chi connectivity index (χ1n) is 13.1. The minimum atomic E-state index is -0.466. The monoisotopic (exact) mass is 582 g/mol. The molecular weight excluding hydrogens is 551 g/mol. The third kappa shape index (κ3) is 6.69. The number of carboxylic acid groups (broad SMARTS) is 1. The molecule has 1 fully saturated rings. The van der Waals surface area contributed by atoms with Crippen molar-refractivity contribution in [3.8, 4) is 22.6 Å². The second-order valence-electron chi connectivity index (χ2n) is 9.80. The number of phenols is 2. The Morgan fingerprint density at radius 2 is 1.88 bits per heavy atom. The van der Waals surface area contributed by atoms with Crippen LogP contribution < -0.4 is 16.8 Å². The Bertz CT molecular complexity index is 1580. The van der Waals surface area contributed by atoms with Crippen molar-refractivity contribution < 1.29 is 24.5 Å². The molecule has 10 nitrogen and oxygen atoms in total. The fourth-order valence-electron chi connectivity index (χ4n) is 4.96. The number of amidine groups is 1. The molecule has 5 rings (SSSR count). The van der Waals surface area contributed by atoms with E-state index in [2.05, 4.69) is 15.4 Å². The van der Waals surface area contributed by atoms with E-state index in [1.807, 2.05) is 19.2 Å². The van der Waals surface area contributed by atoms with Crippen LogP contribution in [0.2, 0.25) is 5.02 Å². The van der Waals surface area contributed by atoms with Crippen molar-refractivity contribution >= 4 is 40.8 Å². The molecule has 1 aliphatic carbocycles. The Labute approximate surface area is 241 Å². The quantitative estimate of drug-likeness (QED) is 0.0780. The van der Waals surface area contributed by atoms with Gasteiger partial charge < -0.3 is 32.1 Å². The highest BCUT2D eigenvalue weighted by Crippen LogP contribution is 2.37. The zero-order valence-electron chi connectivity index (χ0n) is 22.4. The Morgan fingerprint density at radius 1 is 1.20 bits per heavy atom. The number of hydrogen-bond acceptors (Lipinski definition) is 7.